The summed E-state index contributed by atoms with van der Waals surface area (Å²) < 4.78 is 34.5. The largest absolute Gasteiger partial charge is 0.444 e. The number of nitrogens with zero attached hydrogens (tertiary/aromatic N) is 1. The molecule has 3 N–H and O–H groups in total. The summed E-state index contributed by atoms with van der Waals surface area (Å²) in [5.41, 5.74) is -2.07. The quantitative estimate of drug-likeness (QED) is 0.480. The molecule has 1 atom stereocenters. The van der Waals surface area contributed by atoms with Gasteiger partial charge in [0.2, 0.25) is 0 Å². The van der Waals surface area contributed by atoms with E-state index < -0.39 is 46.7 Å². The molecule has 0 saturated carbocycles. The Hall–Kier alpha value is -1.74. The fourth-order valence-electron chi connectivity index (χ4n) is 4.12. The second-order valence-corrected chi connectivity index (χ2v) is 11.4. The Balaban J connectivity index is 2.88. The molecule has 0 radical (unpaired) electrons. The number of hydrogen-bond acceptors (Lipinski definition) is 5. The van der Waals surface area contributed by atoms with Gasteiger partial charge in [-0.3, -0.25) is 4.79 Å². The van der Waals surface area contributed by atoms with Gasteiger partial charge in [0.1, 0.15) is 5.60 Å². The first-order valence-electron chi connectivity index (χ1n) is 11.1. The van der Waals surface area contributed by atoms with E-state index in [1.165, 1.54) is 5.06 Å². The molecule has 1 aliphatic rings. The molecule has 32 heavy (non-hydrogen) atoms. The van der Waals surface area contributed by atoms with Crippen molar-refractivity contribution in [2.24, 2.45) is 5.92 Å². The average Bonchev–Trinajstić information content (AvgIpc) is 2.54. The molecule has 0 bridgehead atoms. The predicted molar refractivity (Wildman–Crippen MR) is 120 cm³/mol. The molecule has 0 aromatic carbocycles. The van der Waals surface area contributed by atoms with Crippen molar-refractivity contribution in [2.45, 2.75) is 116 Å². The van der Waals surface area contributed by atoms with Crippen molar-refractivity contribution in [3.63, 3.8) is 0 Å². The number of ether oxygens (including phenoxy) is 1. The van der Waals surface area contributed by atoms with Crippen molar-refractivity contribution in [3.8, 4) is 0 Å². The fourth-order valence-corrected chi connectivity index (χ4v) is 4.12. The lowest BCUT2D eigenvalue weighted by Crippen LogP contribution is -2.63. The third kappa shape index (κ3) is 8.65. The van der Waals surface area contributed by atoms with Gasteiger partial charge in [0, 0.05) is 17.1 Å². The molecule has 0 spiro atoms. The number of amides is 2. The van der Waals surface area contributed by atoms with Crippen LogP contribution in [0, 0.1) is 5.92 Å². The van der Waals surface area contributed by atoms with Gasteiger partial charge in [-0.2, -0.15) is 13.8 Å². The molecule has 1 fully saturated rings. The Labute approximate surface area is 190 Å². The van der Waals surface area contributed by atoms with Gasteiger partial charge in [-0.25, -0.2) is 4.79 Å². The van der Waals surface area contributed by atoms with Gasteiger partial charge >= 0.3 is 12.0 Å². The lowest BCUT2D eigenvalue weighted by atomic mass is 9.79. The second-order valence-electron chi connectivity index (χ2n) is 11.4. The first-order valence-corrected chi connectivity index (χ1v) is 11.1. The molecule has 0 aromatic rings. The monoisotopic (exact) mass is 461 g/mol. The van der Waals surface area contributed by atoms with Crippen LogP contribution >= 0.6 is 0 Å². The molecule has 0 aliphatic carbocycles. The number of hydroxylamine groups is 2. The Bertz CT molecular complexity index is 682. The fraction of sp³-hybridized carbons (Fsp3) is 0.826. The summed E-state index contributed by atoms with van der Waals surface area (Å²) in [7, 11) is 0. The number of alkyl carbamates (subject to hydrolysis) is 1. The van der Waals surface area contributed by atoms with Gasteiger partial charge in [-0.05, 0) is 79.7 Å². The van der Waals surface area contributed by atoms with Crippen molar-refractivity contribution in [1.29, 1.82) is 0 Å². The van der Waals surface area contributed by atoms with Crippen LogP contribution in [-0.2, 0) is 9.53 Å². The summed E-state index contributed by atoms with van der Waals surface area (Å²) in [5.74, 6) is -5.04. The van der Waals surface area contributed by atoms with Crippen LogP contribution < -0.4 is 10.6 Å². The normalized spacial score (nSPS) is 20.9. The number of alkyl halides is 2. The van der Waals surface area contributed by atoms with Crippen LogP contribution in [0.4, 0.5) is 13.6 Å². The zero-order chi connectivity index (χ0) is 25.1. The summed E-state index contributed by atoms with van der Waals surface area (Å²) in [4.78, 5) is 24.4. The molecule has 7 nitrogen and oxygen atoms in total. The summed E-state index contributed by atoms with van der Waals surface area (Å²) in [5, 5.41) is 16.6. The smallest absolute Gasteiger partial charge is 0.408 e. The number of halogens is 2. The van der Waals surface area contributed by atoms with Crippen molar-refractivity contribution in [2.75, 3.05) is 0 Å². The lowest BCUT2D eigenvalue weighted by molar-refractivity contribution is -0.246. The van der Waals surface area contributed by atoms with Crippen LogP contribution in [0.5, 0.6) is 0 Å². The number of hydrogen-bond donors (Lipinski definition) is 3. The molecule has 186 valence electrons. The standard InChI is InChI=1S/C23H41F2N3O4/c1-15(2)12-16(27-19(30)32-20(3,4)5)10-11-23(24,25)18(29)26-17-13-21(6,7)28(31)22(8,9)14-17/h10-11,15-17,31H,12-14H2,1-9H3,(H,26,29)(H,27,30). The molecule has 1 saturated heterocycles. The molecule has 1 rings (SSSR count). The van der Waals surface area contributed by atoms with E-state index in [1.54, 1.807) is 48.5 Å². The summed E-state index contributed by atoms with van der Waals surface area (Å²) in [6, 6.07) is -1.22. The van der Waals surface area contributed by atoms with E-state index in [0.29, 0.717) is 25.3 Å². The molecule has 1 unspecified atom stereocenters. The van der Waals surface area contributed by atoms with Crippen LogP contribution in [0.1, 0.15) is 81.6 Å². The topological polar surface area (TPSA) is 90.9 Å². The van der Waals surface area contributed by atoms with Gasteiger partial charge in [-0.1, -0.05) is 19.9 Å². The van der Waals surface area contributed by atoms with Crippen LogP contribution in [0.15, 0.2) is 12.2 Å². The summed E-state index contributed by atoms with van der Waals surface area (Å²) in [6.45, 7) is 16.1. The molecular weight excluding hydrogens is 420 g/mol. The van der Waals surface area contributed by atoms with Crippen LogP contribution in [0.3, 0.4) is 0 Å². The maximum absolute atomic E-state index is 14.6. The van der Waals surface area contributed by atoms with E-state index in [1.807, 2.05) is 13.8 Å². The Morgan fingerprint density at radius 1 is 1.16 bits per heavy atom. The third-order valence-corrected chi connectivity index (χ3v) is 5.24. The molecule has 1 aliphatic heterocycles. The third-order valence-electron chi connectivity index (χ3n) is 5.24. The molecule has 1 heterocycles. The molecular formula is C23H41F2N3O4. The van der Waals surface area contributed by atoms with Gasteiger partial charge < -0.3 is 20.6 Å². The number of piperidine rings is 1. The van der Waals surface area contributed by atoms with E-state index in [0.717, 1.165) is 6.08 Å². The minimum absolute atomic E-state index is 0.121. The maximum atomic E-state index is 14.6. The average molecular weight is 462 g/mol. The number of carbonyl (C=O) groups is 2. The zero-order valence-corrected chi connectivity index (χ0v) is 20.9. The number of rotatable bonds is 7. The van der Waals surface area contributed by atoms with Crippen molar-refractivity contribution in [1.82, 2.24) is 15.7 Å². The highest BCUT2D eigenvalue weighted by Crippen LogP contribution is 2.37. The summed E-state index contributed by atoms with van der Waals surface area (Å²) >= 11 is 0. The van der Waals surface area contributed by atoms with E-state index in [2.05, 4.69) is 10.6 Å². The first-order chi connectivity index (χ1) is 14.2. The van der Waals surface area contributed by atoms with Crippen LogP contribution in [-0.4, -0.2) is 57.0 Å². The van der Waals surface area contributed by atoms with E-state index >= 15 is 0 Å². The van der Waals surface area contributed by atoms with E-state index in [9.17, 15) is 23.6 Å². The Morgan fingerprint density at radius 2 is 1.66 bits per heavy atom. The molecule has 0 aromatic heterocycles. The van der Waals surface area contributed by atoms with Gasteiger partial charge in [0.05, 0.1) is 6.04 Å². The molecule has 9 heteroatoms. The number of nitrogens with one attached hydrogen (secondary N) is 2. The minimum atomic E-state index is -3.75. The van der Waals surface area contributed by atoms with Crippen LogP contribution in [0.25, 0.3) is 0 Å². The van der Waals surface area contributed by atoms with Crippen molar-refractivity contribution >= 4 is 12.0 Å². The van der Waals surface area contributed by atoms with E-state index in [4.69, 9.17) is 4.74 Å². The molecule has 2 amide bonds. The highest BCUT2D eigenvalue weighted by atomic mass is 19.3. The highest BCUT2D eigenvalue weighted by molar-refractivity contribution is 5.85. The van der Waals surface area contributed by atoms with Gasteiger partial charge in [0.15, 0.2) is 0 Å². The lowest BCUT2D eigenvalue weighted by Gasteiger charge is -2.51. The number of carbonyl (C=O) groups excluding carboxylic acids is 2. The van der Waals surface area contributed by atoms with Gasteiger partial charge in [-0.15, -0.1) is 0 Å². The van der Waals surface area contributed by atoms with Crippen LogP contribution in [0.2, 0.25) is 0 Å². The maximum Gasteiger partial charge on any atom is 0.408 e. The zero-order valence-electron chi connectivity index (χ0n) is 20.9. The highest BCUT2D eigenvalue weighted by Gasteiger charge is 2.47. The Kier molecular flexibility index (Phi) is 8.87. The SMILES string of the molecule is CC(C)CC(C=CC(F)(F)C(=O)NC1CC(C)(C)N(O)C(C)(C)C1)NC(=O)OC(C)(C)C. The predicted octanol–water partition coefficient (Wildman–Crippen LogP) is 4.64. The first kappa shape index (κ1) is 28.3. The summed E-state index contributed by atoms with van der Waals surface area (Å²) in [6.07, 6.45) is 2.03. The second kappa shape index (κ2) is 10.0. The Morgan fingerprint density at radius 3 is 2.09 bits per heavy atom. The van der Waals surface area contributed by atoms with Gasteiger partial charge in [0.25, 0.3) is 5.91 Å². The van der Waals surface area contributed by atoms with Crippen molar-refractivity contribution < 1.29 is 28.3 Å². The van der Waals surface area contributed by atoms with Crippen molar-refractivity contribution in [3.05, 3.63) is 12.2 Å². The minimum Gasteiger partial charge on any atom is -0.444 e. The van der Waals surface area contributed by atoms with E-state index in [-0.39, 0.29) is 5.92 Å².